The molecule has 21 heavy (non-hydrogen) atoms. The van der Waals surface area contributed by atoms with Crippen LogP contribution in [0.3, 0.4) is 0 Å². The Kier molecular flexibility index (Phi) is 5.19. The van der Waals surface area contributed by atoms with E-state index in [1.54, 1.807) is 25.3 Å². The number of para-hydroxylation sites is 2. The Bertz CT molecular complexity index is 677. The molecule has 0 aromatic heterocycles. The Morgan fingerprint density at radius 2 is 2.00 bits per heavy atom. The molecule has 0 bridgehead atoms. The Morgan fingerprint density at radius 3 is 2.67 bits per heavy atom. The molecule has 110 valence electrons. The third kappa shape index (κ3) is 3.74. The first kappa shape index (κ1) is 15.8. The van der Waals surface area contributed by atoms with Crippen LogP contribution in [0.1, 0.15) is 5.56 Å². The number of nitro groups is 1. The summed E-state index contributed by atoms with van der Waals surface area (Å²) in [6.07, 6.45) is 0. The second kappa shape index (κ2) is 6.91. The summed E-state index contributed by atoms with van der Waals surface area (Å²) in [5.74, 6) is 0.698. The van der Waals surface area contributed by atoms with Gasteiger partial charge in [0.15, 0.2) is 0 Å². The first-order valence-corrected chi connectivity index (χ1v) is 7.60. The van der Waals surface area contributed by atoms with Crippen LogP contribution < -0.4 is 10.1 Å². The van der Waals surface area contributed by atoms with Crippen LogP contribution in [0.2, 0.25) is 0 Å². The van der Waals surface area contributed by atoms with Gasteiger partial charge in [0, 0.05) is 22.6 Å². The highest BCUT2D eigenvalue weighted by Gasteiger charge is 2.14. The lowest BCUT2D eigenvalue weighted by Crippen LogP contribution is -2.04. The van der Waals surface area contributed by atoms with E-state index in [2.05, 4.69) is 37.2 Å². The zero-order valence-electron chi connectivity index (χ0n) is 11.1. The van der Waals surface area contributed by atoms with E-state index in [4.69, 9.17) is 4.74 Å². The number of rotatable bonds is 5. The van der Waals surface area contributed by atoms with Crippen LogP contribution >= 0.6 is 31.9 Å². The molecule has 0 aliphatic rings. The van der Waals surface area contributed by atoms with Crippen LogP contribution in [0.4, 0.5) is 11.4 Å². The van der Waals surface area contributed by atoms with Crippen molar-refractivity contribution in [2.75, 3.05) is 12.4 Å². The molecule has 0 aliphatic heterocycles. The van der Waals surface area contributed by atoms with Crippen molar-refractivity contribution < 1.29 is 9.66 Å². The van der Waals surface area contributed by atoms with Crippen LogP contribution in [-0.2, 0) is 6.54 Å². The predicted molar refractivity (Wildman–Crippen MR) is 88.8 cm³/mol. The van der Waals surface area contributed by atoms with Gasteiger partial charge in [-0.3, -0.25) is 10.1 Å². The fourth-order valence-corrected chi connectivity index (χ4v) is 3.42. The van der Waals surface area contributed by atoms with Crippen molar-refractivity contribution in [3.8, 4) is 5.75 Å². The molecule has 0 saturated carbocycles. The third-order valence-electron chi connectivity index (χ3n) is 2.86. The van der Waals surface area contributed by atoms with Crippen molar-refractivity contribution in [2.24, 2.45) is 0 Å². The minimum absolute atomic E-state index is 0.0468. The molecule has 0 atom stereocenters. The zero-order valence-corrected chi connectivity index (χ0v) is 14.3. The molecule has 2 aromatic carbocycles. The molecular formula is C14H12Br2N2O3. The van der Waals surface area contributed by atoms with Crippen LogP contribution in [0.15, 0.2) is 45.3 Å². The molecule has 2 aromatic rings. The number of nitrogens with zero attached hydrogens (tertiary/aromatic N) is 1. The lowest BCUT2D eigenvalue weighted by atomic mass is 10.2. The second-order valence-corrected chi connectivity index (χ2v) is 5.98. The fraction of sp³-hybridized carbons (Fsp3) is 0.143. The van der Waals surface area contributed by atoms with Crippen molar-refractivity contribution >= 4 is 43.2 Å². The van der Waals surface area contributed by atoms with E-state index in [0.717, 1.165) is 14.5 Å². The summed E-state index contributed by atoms with van der Waals surface area (Å²) in [5.41, 5.74) is 1.41. The number of ether oxygens (including phenoxy) is 1. The number of hydrogen-bond acceptors (Lipinski definition) is 4. The Hall–Kier alpha value is -1.60. The SMILES string of the molecule is COc1c(Br)cc(Br)cc1CNc1ccccc1[N+](=O)[O-]. The largest absolute Gasteiger partial charge is 0.495 e. The summed E-state index contributed by atoms with van der Waals surface area (Å²) in [6.45, 7) is 0.409. The molecule has 5 nitrogen and oxygen atoms in total. The first-order chi connectivity index (χ1) is 10.0. The van der Waals surface area contributed by atoms with Gasteiger partial charge in [-0.1, -0.05) is 28.1 Å². The number of nitrogens with one attached hydrogen (secondary N) is 1. The topological polar surface area (TPSA) is 64.4 Å². The van der Waals surface area contributed by atoms with Gasteiger partial charge in [0.2, 0.25) is 0 Å². The first-order valence-electron chi connectivity index (χ1n) is 6.02. The van der Waals surface area contributed by atoms with Gasteiger partial charge < -0.3 is 10.1 Å². The molecule has 0 fully saturated rings. The van der Waals surface area contributed by atoms with E-state index in [-0.39, 0.29) is 5.69 Å². The molecule has 2 rings (SSSR count). The van der Waals surface area contributed by atoms with Crippen molar-refractivity contribution in [1.82, 2.24) is 0 Å². The maximum Gasteiger partial charge on any atom is 0.292 e. The highest BCUT2D eigenvalue weighted by molar-refractivity contribution is 9.11. The summed E-state index contributed by atoms with van der Waals surface area (Å²) in [7, 11) is 1.59. The van der Waals surface area contributed by atoms with Crippen LogP contribution in [-0.4, -0.2) is 12.0 Å². The van der Waals surface area contributed by atoms with E-state index in [0.29, 0.717) is 18.0 Å². The molecule has 0 saturated heterocycles. The second-order valence-electron chi connectivity index (χ2n) is 4.21. The number of benzene rings is 2. The summed E-state index contributed by atoms with van der Waals surface area (Å²) in [6, 6.07) is 10.3. The van der Waals surface area contributed by atoms with Crippen molar-refractivity contribution in [1.29, 1.82) is 0 Å². The predicted octanol–water partition coefficient (Wildman–Crippen LogP) is 4.74. The van der Waals surface area contributed by atoms with Gasteiger partial charge in [-0.25, -0.2) is 0 Å². The molecule has 0 radical (unpaired) electrons. The number of halogens is 2. The Balaban J connectivity index is 2.27. The third-order valence-corrected chi connectivity index (χ3v) is 3.91. The highest BCUT2D eigenvalue weighted by Crippen LogP contribution is 2.33. The summed E-state index contributed by atoms with van der Waals surface area (Å²) in [4.78, 5) is 10.6. The summed E-state index contributed by atoms with van der Waals surface area (Å²) >= 11 is 6.85. The average molecular weight is 416 g/mol. The van der Waals surface area contributed by atoms with E-state index in [9.17, 15) is 10.1 Å². The minimum atomic E-state index is -0.406. The van der Waals surface area contributed by atoms with Gasteiger partial charge in [-0.05, 0) is 34.1 Å². The summed E-state index contributed by atoms with van der Waals surface area (Å²) < 4.78 is 7.07. The van der Waals surface area contributed by atoms with Gasteiger partial charge in [0.05, 0.1) is 16.5 Å². The van der Waals surface area contributed by atoms with Crippen LogP contribution in [0.5, 0.6) is 5.75 Å². The monoisotopic (exact) mass is 414 g/mol. The molecule has 0 spiro atoms. The maximum atomic E-state index is 11.0. The van der Waals surface area contributed by atoms with Crippen molar-refractivity contribution in [3.63, 3.8) is 0 Å². The van der Waals surface area contributed by atoms with Gasteiger partial charge >= 0.3 is 0 Å². The van der Waals surface area contributed by atoms with E-state index in [1.165, 1.54) is 6.07 Å². The van der Waals surface area contributed by atoms with Crippen LogP contribution in [0.25, 0.3) is 0 Å². The molecule has 7 heteroatoms. The Morgan fingerprint density at radius 1 is 1.29 bits per heavy atom. The van der Waals surface area contributed by atoms with Crippen molar-refractivity contribution in [3.05, 3.63) is 61.0 Å². The minimum Gasteiger partial charge on any atom is -0.495 e. The normalized spacial score (nSPS) is 10.2. The van der Waals surface area contributed by atoms with Crippen LogP contribution in [0, 0.1) is 10.1 Å². The zero-order chi connectivity index (χ0) is 15.4. The summed E-state index contributed by atoms with van der Waals surface area (Å²) in [5, 5.41) is 14.1. The lowest BCUT2D eigenvalue weighted by Gasteiger charge is -2.13. The smallest absolute Gasteiger partial charge is 0.292 e. The van der Waals surface area contributed by atoms with E-state index in [1.807, 2.05) is 12.1 Å². The van der Waals surface area contributed by atoms with Crippen molar-refractivity contribution in [2.45, 2.75) is 6.54 Å². The van der Waals surface area contributed by atoms with E-state index < -0.39 is 4.92 Å². The Labute approximate surface area is 138 Å². The molecule has 0 unspecified atom stereocenters. The molecular weight excluding hydrogens is 404 g/mol. The quantitative estimate of drug-likeness (QED) is 0.565. The lowest BCUT2D eigenvalue weighted by molar-refractivity contribution is -0.384. The molecule has 0 amide bonds. The standard InChI is InChI=1S/C14H12Br2N2O3/c1-21-14-9(6-10(15)7-11(14)16)8-17-12-4-2-3-5-13(12)18(19)20/h2-7,17H,8H2,1H3. The van der Waals surface area contributed by atoms with Gasteiger partial charge in [0.25, 0.3) is 5.69 Å². The number of nitro benzene ring substituents is 1. The fourth-order valence-electron chi connectivity index (χ4n) is 1.95. The molecule has 0 aliphatic carbocycles. The average Bonchev–Trinajstić information content (AvgIpc) is 2.44. The number of anilines is 1. The van der Waals surface area contributed by atoms with Gasteiger partial charge in [-0.2, -0.15) is 0 Å². The maximum absolute atomic E-state index is 11.0. The molecule has 1 N–H and O–H groups in total. The highest BCUT2D eigenvalue weighted by atomic mass is 79.9. The number of hydrogen-bond donors (Lipinski definition) is 1. The molecule has 0 heterocycles. The van der Waals surface area contributed by atoms with E-state index >= 15 is 0 Å². The number of methoxy groups -OCH3 is 1. The van der Waals surface area contributed by atoms with Gasteiger partial charge in [0.1, 0.15) is 11.4 Å². The van der Waals surface area contributed by atoms with Gasteiger partial charge in [-0.15, -0.1) is 0 Å².